The van der Waals surface area contributed by atoms with Crippen LogP contribution in [0.15, 0.2) is 30.0 Å². The van der Waals surface area contributed by atoms with Crippen LogP contribution in [0.1, 0.15) is 78.5 Å². The van der Waals surface area contributed by atoms with Gasteiger partial charge >= 0.3 is 31.1 Å². The molecule has 34 heavy (non-hydrogen) atoms. The van der Waals surface area contributed by atoms with Crippen LogP contribution in [0.4, 0.5) is 0 Å². The number of benzene rings is 1. The molecular weight excluding hydrogens is 670 g/mol. The number of nitrogens with zero attached hydrogens (tertiary/aromatic N) is 2. The van der Waals surface area contributed by atoms with E-state index in [-0.39, 0.29) is 60.4 Å². The van der Waals surface area contributed by atoms with Gasteiger partial charge in [-0.2, -0.15) is 12.0 Å². The van der Waals surface area contributed by atoms with Crippen molar-refractivity contribution in [3.05, 3.63) is 46.4 Å². The number of carbonyl (C=O) groups is 2. The monoisotopic (exact) mass is 712 g/mol. The quantitative estimate of drug-likeness (QED) is 0.418. The second-order valence-corrected chi connectivity index (χ2v) is 9.18. The summed E-state index contributed by atoms with van der Waals surface area (Å²) in [6, 6.07) is 7.31. The molecule has 0 aliphatic carbocycles. The number of rotatable bonds is 6. The van der Waals surface area contributed by atoms with E-state index in [1.807, 2.05) is 72.7 Å². The summed E-state index contributed by atoms with van der Waals surface area (Å²) in [7, 11) is 1.80. The molecule has 8 heteroatoms. The van der Waals surface area contributed by atoms with Gasteiger partial charge in [0.2, 0.25) is 11.8 Å². The average molecular weight is 713 g/mol. The molecule has 1 aromatic rings. The van der Waals surface area contributed by atoms with Gasteiger partial charge < -0.3 is 33.5 Å². The Hall–Kier alpha value is -0.938. The van der Waals surface area contributed by atoms with E-state index in [2.05, 4.69) is 28.6 Å². The van der Waals surface area contributed by atoms with Crippen LogP contribution in [0.5, 0.6) is 0 Å². The maximum absolute atomic E-state index is 13.1. The van der Waals surface area contributed by atoms with Crippen LogP contribution in [0, 0.1) is 36.5 Å². The molecule has 6 nitrogen and oxygen atoms in total. The first kappa shape index (κ1) is 33.1. The Morgan fingerprint density at radius 2 is 1.68 bits per heavy atom. The summed E-state index contributed by atoms with van der Waals surface area (Å²) in [6.07, 6.45) is 3.14. The van der Waals surface area contributed by atoms with E-state index in [9.17, 15) is 9.59 Å². The fourth-order valence-corrected chi connectivity index (χ4v) is 4.13. The van der Waals surface area contributed by atoms with Crippen molar-refractivity contribution >= 4 is 30.1 Å². The molecule has 0 spiro atoms. The third-order valence-corrected chi connectivity index (χ3v) is 5.86. The van der Waals surface area contributed by atoms with Gasteiger partial charge in [-0.05, 0) is 43.4 Å². The van der Waals surface area contributed by atoms with Gasteiger partial charge in [0.05, 0.1) is 12.1 Å². The molecule has 3 rings (SSSR count). The van der Waals surface area contributed by atoms with Gasteiger partial charge in [-0.1, -0.05) is 65.8 Å². The number of allylic oxidation sites excluding steroid dienone is 1. The molecule has 0 bridgehead atoms. The number of likely N-dealkylation sites (tertiary alicyclic amines) is 1. The second-order valence-electron chi connectivity index (χ2n) is 9.18. The van der Waals surface area contributed by atoms with Crippen LogP contribution in [0.25, 0.3) is 11.0 Å². The molecule has 3 atom stereocenters. The number of likely N-dealkylation sites (N-methyl/N-ethyl adjacent to an activating group) is 1. The Morgan fingerprint density at radius 1 is 1.15 bits per heavy atom. The number of amides is 2. The molecule has 0 radical (unpaired) electrons. The number of hydrogen-bond donors (Lipinski definition) is 2. The maximum atomic E-state index is 13.1. The SMILES string of the molecule is CC.CNC(C(=O)N1CCCC1C(=O)NC(C)c1ccc(C2=C(C)[N-]2)cc1)C(C)(C)C.C[S-].[U+2]. The molecule has 3 unspecified atom stereocenters. The van der Waals surface area contributed by atoms with Crippen molar-refractivity contribution in [2.75, 3.05) is 19.8 Å². The topological polar surface area (TPSA) is 75.5 Å². The smallest absolute Gasteiger partial charge is 0.796 e. The Morgan fingerprint density at radius 3 is 2.12 bits per heavy atom. The van der Waals surface area contributed by atoms with Gasteiger partial charge in [0.15, 0.2) is 0 Å². The first-order valence-electron chi connectivity index (χ1n) is 11.9. The zero-order valence-corrected chi connectivity index (χ0v) is 27.3. The Bertz CT molecular complexity index is 821. The van der Waals surface area contributed by atoms with E-state index in [0.717, 1.165) is 28.9 Å². The van der Waals surface area contributed by atoms with Crippen molar-refractivity contribution in [2.24, 2.45) is 5.41 Å². The number of carbonyl (C=O) groups excluding carboxylic acids is 2. The Balaban J connectivity index is 0.00000207. The molecular formula is C26H42N4O2SU. The molecule has 2 aliphatic heterocycles. The molecule has 1 aromatic carbocycles. The summed E-state index contributed by atoms with van der Waals surface area (Å²) < 4.78 is 0. The van der Waals surface area contributed by atoms with Gasteiger partial charge in [0, 0.05) is 6.54 Å². The predicted octanol–water partition coefficient (Wildman–Crippen LogP) is 4.75. The third kappa shape index (κ3) is 8.62. The zero-order chi connectivity index (χ0) is 25.3. The fraction of sp³-hybridized carbons (Fsp3) is 0.615. The molecule has 0 aromatic heterocycles. The van der Waals surface area contributed by atoms with Crippen molar-refractivity contribution in [1.29, 1.82) is 0 Å². The van der Waals surface area contributed by atoms with E-state index >= 15 is 0 Å². The van der Waals surface area contributed by atoms with Crippen molar-refractivity contribution in [2.45, 2.75) is 79.4 Å². The van der Waals surface area contributed by atoms with Crippen molar-refractivity contribution in [3.8, 4) is 0 Å². The minimum Gasteiger partial charge on any atom is -0.796 e. The normalized spacial score (nSPS) is 18.2. The largest absolute Gasteiger partial charge is 2.00 e. The Kier molecular flexibility index (Phi) is 14.8. The molecule has 2 N–H and O–H groups in total. The average Bonchev–Trinajstić information content (AvgIpc) is 3.32. The van der Waals surface area contributed by atoms with Crippen LogP contribution < -0.4 is 10.6 Å². The molecule has 2 aliphatic rings. The van der Waals surface area contributed by atoms with Crippen molar-refractivity contribution in [1.82, 2.24) is 15.5 Å². The van der Waals surface area contributed by atoms with Gasteiger partial charge in [-0.15, -0.1) is 5.70 Å². The summed E-state index contributed by atoms with van der Waals surface area (Å²) in [5.74, 6) is -0.0709. The van der Waals surface area contributed by atoms with Crippen molar-refractivity contribution < 1.29 is 40.7 Å². The van der Waals surface area contributed by atoms with E-state index in [4.69, 9.17) is 0 Å². The summed E-state index contributed by atoms with van der Waals surface area (Å²) in [5.41, 5.74) is 4.08. The van der Waals surface area contributed by atoms with Crippen LogP contribution in [0.2, 0.25) is 0 Å². The van der Waals surface area contributed by atoms with Gasteiger partial charge in [0.1, 0.15) is 6.04 Å². The summed E-state index contributed by atoms with van der Waals surface area (Å²) in [5, 5.41) is 10.5. The second kappa shape index (κ2) is 15.2. The maximum Gasteiger partial charge on any atom is 2.00 e. The van der Waals surface area contributed by atoms with E-state index in [1.54, 1.807) is 18.2 Å². The van der Waals surface area contributed by atoms with E-state index in [1.165, 1.54) is 0 Å². The molecule has 2 heterocycles. The summed E-state index contributed by atoms with van der Waals surface area (Å²) in [6.45, 7) is 14.7. The Labute approximate surface area is 236 Å². The zero-order valence-electron chi connectivity index (χ0n) is 22.3. The summed E-state index contributed by atoms with van der Waals surface area (Å²) >= 11 is 4.08. The van der Waals surface area contributed by atoms with Crippen LogP contribution in [-0.4, -0.2) is 48.6 Å². The van der Waals surface area contributed by atoms with Crippen LogP contribution in [0.3, 0.4) is 0 Å². The van der Waals surface area contributed by atoms with Gasteiger partial charge in [0.25, 0.3) is 0 Å². The van der Waals surface area contributed by atoms with Crippen LogP contribution >= 0.6 is 0 Å². The predicted molar refractivity (Wildman–Crippen MR) is 141 cm³/mol. The van der Waals surface area contributed by atoms with E-state index < -0.39 is 6.04 Å². The van der Waals surface area contributed by atoms with E-state index in [0.29, 0.717) is 13.0 Å². The van der Waals surface area contributed by atoms with Gasteiger partial charge in [-0.3, -0.25) is 9.59 Å². The van der Waals surface area contributed by atoms with Crippen LogP contribution in [-0.2, 0) is 22.2 Å². The summed E-state index contributed by atoms with van der Waals surface area (Å²) in [4.78, 5) is 27.8. The molecule has 0 saturated carbocycles. The first-order valence-corrected chi connectivity index (χ1v) is 12.7. The van der Waals surface area contributed by atoms with Crippen molar-refractivity contribution in [3.63, 3.8) is 0 Å². The molecule has 188 valence electrons. The fourth-order valence-electron chi connectivity index (χ4n) is 4.13. The standard InChI is InChI=1S/C23H33N4O2.C2H6.CH4S.U/c1-14(16-9-11-17(12-10-16)19-15(2)25-19)26-21(28)18-8-7-13-27(18)22(29)20(24-6)23(3,4)5;2*1-2;/h9-12,14,18,20,24H,7-8,13H2,1-6H3,(H,26,28);1-2H3;2H,1H3;/q-1;;;+2/p-1. The number of nitrogens with one attached hydrogen (secondary N) is 2. The first-order chi connectivity index (χ1) is 15.6. The third-order valence-electron chi connectivity index (χ3n) is 5.86. The minimum absolute atomic E-state index is 0. The molecule has 2 amide bonds. The minimum atomic E-state index is -0.402. The molecule has 1 fully saturated rings. The molecule has 1 saturated heterocycles. The van der Waals surface area contributed by atoms with Gasteiger partial charge in [-0.25, -0.2) is 0 Å². The number of hydrogen-bond acceptors (Lipinski definition) is 4.